The molecule has 0 aromatic carbocycles. The molecule has 0 atom stereocenters. The van der Waals surface area contributed by atoms with Crippen LogP contribution in [0, 0.1) is 0 Å². The van der Waals surface area contributed by atoms with Gasteiger partial charge in [-0.25, -0.2) is 4.98 Å². The highest BCUT2D eigenvalue weighted by Crippen LogP contribution is 2.01. The van der Waals surface area contributed by atoms with E-state index in [1.165, 1.54) is 6.20 Å². The molecular weight excluding hydrogens is 168 g/mol. The van der Waals surface area contributed by atoms with Gasteiger partial charge in [-0.2, -0.15) is 15.3 Å². The number of halogens is 1. The molecule has 0 aliphatic carbocycles. The van der Waals surface area contributed by atoms with Gasteiger partial charge in [0.25, 0.3) is 0 Å². The maximum absolute atomic E-state index is 5.28. The van der Waals surface area contributed by atoms with E-state index in [1.54, 1.807) is 0 Å². The molecule has 2 rings (SSSR count). The minimum absolute atomic E-state index is 0. The van der Waals surface area contributed by atoms with Crippen LogP contribution in [0.2, 0.25) is 0 Å². The van der Waals surface area contributed by atoms with Crippen molar-refractivity contribution >= 4 is 29.5 Å². The van der Waals surface area contributed by atoms with Crippen LogP contribution in [-0.2, 0) is 0 Å². The van der Waals surface area contributed by atoms with Crippen molar-refractivity contribution in [3.63, 3.8) is 0 Å². The maximum Gasteiger partial charge on any atom is 0.222 e. The van der Waals surface area contributed by atoms with Crippen molar-refractivity contribution in [2.75, 3.05) is 5.73 Å². The molecule has 2 aromatic rings. The van der Waals surface area contributed by atoms with Gasteiger partial charge in [0, 0.05) is 0 Å². The molecule has 0 radical (unpaired) electrons. The van der Waals surface area contributed by atoms with Gasteiger partial charge in [0.05, 0.1) is 6.20 Å². The first kappa shape index (κ1) is 7.67. The van der Waals surface area contributed by atoms with Crippen LogP contribution in [0.1, 0.15) is 0 Å². The zero-order chi connectivity index (χ0) is 6.97. The molecule has 0 fully saturated rings. The van der Waals surface area contributed by atoms with E-state index < -0.39 is 0 Å². The molecule has 11 heavy (non-hydrogen) atoms. The highest BCUT2D eigenvalue weighted by atomic mass is 35.5. The second-order valence-corrected chi connectivity index (χ2v) is 1.76. The first-order valence-corrected chi connectivity index (χ1v) is 2.65. The van der Waals surface area contributed by atoms with Gasteiger partial charge >= 0.3 is 0 Å². The minimum atomic E-state index is 0. The van der Waals surface area contributed by atoms with Crippen LogP contribution >= 0.6 is 12.4 Å². The van der Waals surface area contributed by atoms with Crippen LogP contribution in [0.5, 0.6) is 0 Å². The maximum atomic E-state index is 5.28. The molecule has 0 bridgehead atoms. The first-order chi connectivity index (χ1) is 4.86. The lowest BCUT2D eigenvalue weighted by molar-refractivity contribution is 0.955. The molecule has 0 amide bonds. The van der Waals surface area contributed by atoms with Crippen molar-refractivity contribution in [3.05, 3.63) is 6.20 Å². The highest BCUT2D eigenvalue weighted by molar-refractivity contribution is 5.85. The Balaban J connectivity index is 0.000000605. The third-order valence-electron chi connectivity index (χ3n) is 1.10. The van der Waals surface area contributed by atoms with Crippen LogP contribution in [0.4, 0.5) is 5.95 Å². The molecule has 7 heteroatoms. The zero-order valence-corrected chi connectivity index (χ0v) is 6.17. The number of rotatable bonds is 0. The van der Waals surface area contributed by atoms with E-state index in [2.05, 4.69) is 25.4 Å². The molecule has 2 aromatic heterocycles. The van der Waals surface area contributed by atoms with Crippen LogP contribution < -0.4 is 5.73 Å². The van der Waals surface area contributed by atoms with Gasteiger partial charge in [0.15, 0.2) is 0 Å². The fourth-order valence-electron chi connectivity index (χ4n) is 0.667. The Morgan fingerprint density at radius 1 is 1.36 bits per heavy atom. The Morgan fingerprint density at radius 3 is 3.00 bits per heavy atom. The quantitative estimate of drug-likeness (QED) is 0.572. The second kappa shape index (κ2) is 2.67. The van der Waals surface area contributed by atoms with Gasteiger partial charge in [-0.1, -0.05) is 0 Å². The summed E-state index contributed by atoms with van der Waals surface area (Å²) in [6.45, 7) is 0. The summed E-state index contributed by atoms with van der Waals surface area (Å²) in [5, 5.41) is 9.86. The lowest BCUT2D eigenvalue weighted by Gasteiger charge is -1.85. The van der Waals surface area contributed by atoms with Crippen molar-refractivity contribution in [2.24, 2.45) is 0 Å². The topological polar surface area (TPSA) is 93.4 Å². The predicted molar refractivity (Wildman–Crippen MR) is 41.1 cm³/mol. The number of nitrogens with two attached hydrogens (primary N) is 1. The number of H-pyrrole nitrogens is 1. The van der Waals surface area contributed by atoms with Crippen molar-refractivity contribution < 1.29 is 0 Å². The molecule has 6 nitrogen and oxygen atoms in total. The van der Waals surface area contributed by atoms with E-state index in [-0.39, 0.29) is 18.4 Å². The van der Waals surface area contributed by atoms with E-state index >= 15 is 0 Å². The molecule has 58 valence electrons. The molecule has 0 spiro atoms. The molecule has 0 aliphatic heterocycles. The highest BCUT2D eigenvalue weighted by Gasteiger charge is 1.97. The molecule has 0 aliphatic rings. The van der Waals surface area contributed by atoms with Crippen molar-refractivity contribution in [2.45, 2.75) is 0 Å². The van der Waals surface area contributed by atoms with Crippen LogP contribution in [0.25, 0.3) is 11.2 Å². The van der Waals surface area contributed by atoms with Crippen molar-refractivity contribution in [3.8, 4) is 0 Å². The Bertz CT molecular complexity index is 356. The SMILES string of the molecule is Cl.Nc1ncc2n[nH]nc2n1. The van der Waals surface area contributed by atoms with E-state index in [0.29, 0.717) is 11.2 Å². The number of hydrogen-bond acceptors (Lipinski definition) is 5. The molecular formula is C4H5ClN6. The summed E-state index contributed by atoms with van der Waals surface area (Å²) in [6, 6.07) is 0. The van der Waals surface area contributed by atoms with Crippen LogP contribution in [0.3, 0.4) is 0 Å². The van der Waals surface area contributed by atoms with Gasteiger partial charge in [0.2, 0.25) is 11.6 Å². The minimum Gasteiger partial charge on any atom is -0.368 e. The van der Waals surface area contributed by atoms with Gasteiger partial charge in [-0.05, 0) is 0 Å². The predicted octanol–water partition coefficient (Wildman–Crippen LogP) is -0.248. The Hall–Kier alpha value is -1.43. The van der Waals surface area contributed by atoms with Gasteiger partial charge < -0.3 is 5.73 Å². The Morgan fingerprint density at radius 2 is 2.18 bits per heavy atom. The standard InChI is InChI=1S/C4H4N6.ClH/c5-4-6-1-2-3(7-4)9-10-8-2;/h1H,(H3,5,6,7,8,9,10);1H. The number of fused-ring (bicyclic) bond motifs is 1. The van der Waals surface area contributed by atoms with Gasteiger partial charge in [0.1, 0.15) is 5.52 Å². The van der Waals surface area contributed by atoms with Crippen molar-refractivity contribution in [1.82, 2.24) is 25.4 Å². The number of aromatic nitrogens is 5. The monoisotopic (exact) mass is 172 g/mol. The fourth-order valence-corrected chi connectivity index (χ4v) is 0.667. The summed E-state index contributed by atoms with van der Waals surface area (Å²) in [4.78, 5) is 7.52. The third-order valence-corrected chi connectivity index (χ3v) is 1.10. The van der Waals surface area contributed by atoms with Crippen molar-refractivity contribution in [1.29, 1.82) is 0 Å². The van der Waals surface area contributed by atoms with E-state index in [9.17, 15) is 0 Å². The zero-order valence-electron chi connectivity index (χ0n) is 5.35. The summed E-state index contributed by atoms with van der Waals surface area (Å²) in [5.41, 5.74) is 6.39. The number of hydrogen-bond donors (Lipinski definition) is 2. The fraction of sp³-hybridized carbons (Fsp3) is 0. The summed E-state index contributed by atoms with van der Waals surface area (Å²) >= 11 is 0. The number of nitrogen functional groups attached to an aromatic ring is 1. The average Bonchev–Trinajstić information content (AvgIpc) is 2.33. The lowest BCUT2D eigenvalue weighted by atomic mass is 10.6. The van der Waals surface area contributed by atoms with E-state index in [4.69, 9.17) is 5.73 Å². The number of aromatic amines is 1. The van der Waals surface area contributed by atoms with Gasteiger partial charge in [-0.3, -0.25) is 0 Å². The first-order valence-electron chi connectivity index (χ1n) is 2.65. The summed E-state index contributed by atoms with van der Waals surface area (Å²) < 4.78 is 0. The number of nitrogens with zero attached hydrogens (tertiary/aromatic N) is 4. The lowest BCUT2D eigenvalue weighted by Crippen LogP contribution is -1.93. The molecule has 0 saturated heterocycles. The summed E-state index contributed by atoms with van der Waals surface area (Å²) in [6.07, 6.45) is 1.52. The molecule has 0 unspecified atom stereocenters. The normalized spacial score (nSPS) is 9.45. The van der Waals surface area contributed by atoms with E-state index in [1.807, 2.05) is 0 Å². The molecule has 0 saturated carbocycles. The molecule has 2 heterocycles. The smallest absolute Gasteiger partial charge is 0.222 e. The number of nitrogens with one attached hydrogen (secondary N) is 1. The van der Waals surface area contributed by atoms with E-state index in [0.717, 1.165) is 0 Å². The Labute approximate surface area is 67.6 Å². The molecule has 3 N–H and O–H groups in total. The number of anilines is 1. The van der Waals surface area contributed by atoms with Crippen LogP contribution in [-0.4, -0.2) is 25.4 Å². The largest absolute Gasteiger partial charge is 0.368 e. The average molecular weight is 173 g/mol. The Kier molecular flexibility index (Phi) is 1.86. The summed E-state index contributed by atoms with van der Waals surface area (Å²) in [5.74, 6) is 0.210. The van der Waals surface area contributed by atoms with Crippen LogP contribution in [0.15, 0.2) is 6.20 Å². The summed E-state index contributed by atoms with van der Waals surface area (Å²) in [7, 11) is 0. The van der Waals surface area contributed by atoms with Gasteiger partial charge in [-0.15, -0.1) is 17.5 Å². The third kappa shape index (κ3) is 1.20. The second-order valence-electron chi connectivity index (χ2n) is 1.76.